The number of rotatable bonds is 10. The predicted molar refractivity (Wildman–Crippen MR) is 106 cm³/mol. The van der Waals surface area contributed by atoms with E-state index >= 15 is 0 Å². The molecule has 0 fully saturated rings. The molecule has 0 heterocycles. The normalized spacial score (nSPS) is 10.9. The van der Waals surface area contributed by atoms with Crippen LogP contribution in [0.2, 0.25) is 10.0 Å². The number of benzene rings is 2. The van der Waals surface area contributed by atoms with Crippen molar-refractivity contribution >= 4 is 29.3 Å². The number of allylic oxidation sites excluding steroid dienone is 1. The van der Waals surface area contributed by atoms with Gasteiger partial charge in [0.05, 0.1) is 25.3 Å². The van der Waals surface area contributed by atoms with Crippen molar-refractivity contribution in [3.63, 3.8) is 0 Å². The molecule has 0 N–H and O–H groups in total. The van der Waals surface area contributed by atoms with Gasteiger partial charge in [0.25, 0.3) is 0 Å². The average Bonchev–Trinajstić information content (AvgIpc) is 2.65. The molecule has 6 heteroatoms. The van der Waals surface area contributed by atoms with E-state index in [1.165, 1.54) is 0 Å². The van der Waals surface area contributed by atoms with Gasteiger partial charge in [0.2, 0.25) is 0 Å². The van der Waals surface area contributed by atoms with Crippen LogP contribution in [-0.2, 0) is 4.74 Å². The van der Waals surface area contributed by atoms with Gasteiger partial charge in [-0.15, -0.1) is 0 Å². The number of ether oxygens (including phenoxy) is 4. The van der Waals surface area contributed by atoms with E-state index in [1.54, 1.807) is 25.3 Å². The molecule has 4 nitrogen and oxygen atoms in total. The summed E-state index contributed by atoms with van der Waals surface area (Å²) >= 11 is 12.0. The smallest absolute Gasteiger partial charge is 0.161 e. The monoisotopic (exact) mass is 396 g/mol. The van der Waals surface area contributed by atoms with Gasteiger partial charge in [-0.05, 0) is 36.8 Å². The molecule has 2 aromatic carbocycles. The molecule has 0 aliphatic rings. The van der Waals surface area contributed by atoms with Crippen molar-refractivity contribution in [1.29, 1.82) is 0 Å². The average molecular weight is 397 g/mol. The highest BCUT2D eigenvalue weighted by Gasteiger charge is 2.06. The van der Waals surface area contributed by atoms with Crippen LogP contribution in [0.1, 0.15) is 12.5 Å². The minimum absolute atomic E-state index is 0.376. The van der Waals surface area contributed by atoms with Crippen LogP contribution >= 0.6 is 23.2 Å². The van der Waals surface area contributed by atoms with Gasteiger partial charge in [-0.3, -0.25) is 0 Å². The molecule has 0 atom stereocenters. The highest BCUT2D eigenvalue weighted by molar-refractivity contribution is 6.42. The number of hydrogen-bond donors (Lipinski definition) is 0. The maximum Gasteiger partial charge on any atom is 0.161 e. The Hall–Kier alpha value is -1.88. The van der Waals surface area contributed by atoms with E-state index < -0.39 is 0 Å². The molecule has 0 unspecified atom stereocenters. The first-order valence-corrected chi connectivity index (χ1v) is 8.99. The van der Waals surface area contributed by atoms with Crippen LogP contribution in [0.3, 0.4) is 0 Å². The molecular formula is C20H22Cl2O4. The number of hydrogen-bond acceptors (Lipinski definition) is 4. The summed E-state index contributed by atoms with van der Waals surface area (Å²) in [5.41, 5.74) is 1.06. The molecule has 0 amide bonds. The lowest BCUT2D eigenvalue weighted by Gasteiger charge is -2.12. The fourth-order valence-corrected chi connectivity index (χ4v) is 2.56. The molecule has 2 aromatic rings. The first-order chi connectivity index (χ1) is 12.7. The third-order valence-electron chi connectivity index (χ3n) is 3.43. The molecule has 0 bridgehead atoms. The minimum atomic E-state index is 0.376. The Kier molecular flexibility index (Phi) is 8.62. The maximum atomic E-state index is 6.05. The molecular weight excluding hydrogens is 375 g/mol. The number of halogens is 2. The van der Waals surface area contributed by atoms with Crippen molar-refractivity contribution < 1.29 is 18.9 Å². The van der Waals surface area contributed by atoms with Gasteiger partial charge in [0, 0.05) is 0 Å². The number of methoxy groups -OCH3 is 1. The van der Waals surface area contributed by atoms with Crippen LogP contribution < -0.4 is 14.2 Å². The molecule has 0 aromatic heterocycles. The van der Waals surface area contributed by atoms with Gasteiger partial charge in [-0.1, -0.05) is 47.5 Å². The van der Waals surface area contributed by atoms with E-state index in [0.717, 1.165) is 5.56 Å². The summed E-state index contributed by atoms with van der Waals surface area (Å²) in [5.74, 6) is 1.93. The van der Waals surface area contributed by atoms with Gasteiger partial charge in [-0.2, -0.15) is 0 Å². The molecule has 2 rings (SSSR count). The largest absolute Gasteiger partial charge is 0.493 e. The predicted octanol–water partition coefficient (Wildman–Crippen LogP) is 5.51. The van der Waals surface area contributed by atoms with Gasteiger partial charge in [0.1, 0.15) is 24.0 Å². The van der Waals surface area contributed by atoms with Crippen molar-refractivity contribution in [2.24, 2.45) is 0 Å². The van der Waals surface area contributed by atoms with E-state index in [1.807, 2.05) is 37.3 Å². The lowest BCUT2D eigenvalue weighted by atomic mass is 10.2. The first kappa shape index (κ1) is 20.4. The second kappa shape index (κ2) is 11.0. The minimum Gasteiger partial charge on any atom is -0.493 e. The molecule has 0 saturated heterocycles. The van der Waals surface area contributed by atoms with Crippen molar-refractivity contribution in [2.75, 3.05) is 33.5 Å². The summed E-state index contributed by atoms with van der Waals surface area (Å²) in [7, 11) is 1.62. The van der Waals surface area contributed by atoms with Gasteiger partial charge in [0.15, 0.2) is 11.5 Å². The Bertz CT molecular complexity index is 732. The Morgan fingerprint density at radius 1 is 0.885 bits per heavy atom. The molecule has 26 heavy (non-hydrogen) atoms. The molecule has 140 valence electrons. The van der Waals surface area contributed by atoms with E-state index in [4.69, 9.17) is 42.1 Å². The van der Waals surface area contributed by atoms with Crippen molar-refractivity contribution in [3.8, 4) is 17.2 Å². The second-order valence-electron chi connectivity index (χ2n) is 5.27. The fraction of sp³-hybridized carbons (Fsp3) is 0.300. The van der Waals surface area contributed by atoms with E-state index in [0.29, 0.717) is 53.7 Å². The molecule has 0 radical (unpaired) electrons. The summed E-state index contributed by atoms with van der Waals surface area (Å²) < 4.78 is 22.1. The molecule has 0 aliphatic heterocycles. The third kappa shape index (κ3) is 6.13. The maximum absolute atomic E-state index is 6.05. The standard InChI is InChI=1S/C20H22Cl2O4/c1-3-5-15-8-9-17(19(14-15)23-2)25-12-10-24-11-13-26-18-7-4-6-16(21)20(18)22/h3-9,14H,10-13H2,1-2H3/b5-3+. The van der Waals surface area contributed by atoms with E-state index in [2.05, 4.69) is 0 Å². The van der Waals surface area contributed by atoms with E-state index in [9.17, 15) is 0 Å². The van der Waals surface area contributed by atoms with Crippen LogP contribution in [0.5, 0.6) is 17.2 Å². The summed E-state index contributed by atoms with van der Waals surface area (Å²) in [6, 6.07) is 11.1. The summed E-state index contributed by atoms with van der Waals surface area (Å²) in [6.07, 6.45) is 3.98. The van der Waals surface area contributed by atoms with Crippen LogP contribution in [-0.4, -0.2) is 33.5 Å². The van der Waals surface area contributed by atoms with Crippen LogP contribution in [0.4, 0.5) is 0 Å². The quantitative estimate of drug-likeness (QED) is 0.496. The second-order valence-corrected chi connectivity index (χ2v) is 6.06. The van der Waals surface area contributed by atoms with Crippen LogP contribution in [0, 0.1) is 0 Å². The zero-order chi connectivity index (χ0) is 18.8. The van der Waals surface area contributed by atoms with Crippen LogP contribution in [0.25, 0.3) is 6.08 Å². The zero-order valence-electron chi connectivity index (χ0n) is 14.8. The summed E-state index contributed by atoms with van der Waals surface area (Å²) in [4.78, 5) is 0. The molecule has 0 saturated carbocycles. The topological polar surface area (TPSA) is 36.9 Å². The third-order valence-corrected chi connectivity index (χ3v) is 4.23. The lowest BCUT2D eigenvalue weighted by Crippen LogP contribution is -2.12. The van der Waals surface area contributed by atoms with Crippen LogP contribution in [0.15, 0.2) is 42.5 Å². The van der Waals surface area contributed by atoms with E-state index in [-0.39, 0.29) is 0 Å². The van der Waals surface area contributed by atoms with Crippen molar-refractivity contribution in [2.45, 2.75) is 6.92 Å². The van der Waals surface area contributed by atoms with Gasteiger partial charge >= 0.3 is 0 Å². The van der Waals surface area contributed by atoms with Gasteiger partial charge < -0.3 is 18.9 Å². The van der Waals surface area contributed by atoms with Crippen molar-refractivity contribution in [1.82, 2.24) is 0 Å². The Balaban J connectivity index is 1.68. The zero-order valence-corrected chi connectivity index (χ0v) is 16.3. The first-order valence-electron chi connectivity index (χ1n) is 8.23. The highest BCUT2D eigenvalue weighted by atomic mass is 35.5. The van der Waals surface area contributed by atoms with Crippen molar-refractivity contribution in [3.05, 3.63) is 58.1 Å². The summed E-state index contributed by atoms with van der Waals surface area (Å²) in [5, 5.41) is 0.874. The Labute approximate surface area is 164 Å². The fourth-order valence-electron chi connectivity index (χ4n) is 2.22. The lowest BCUT2D eigenvalue weighted by molar-refractivity contribution is 0.0757. The SMILES string of the molecule is C/C=C/c1ccc(OCCOCCOc2cccc(Cl)c2Cl)c(OC)c1. The summed E-state index contributed by atoms with van der Waals surface area (Å²) in [6.45, 7) is 3.62. The molecule has 0 spiro atoms. The Morgan fingerprint density at radius 3 is 2.31 bits per heavy atom. The highest BCUT2D eigenvalue weighted by Crippen LogP contribution is 2.31. The Morgan fingerprint density at radius 2 is 1.62 bits per heavy atom. The van der Waals surface area contributed by atoms with Gasteiger partial charge in [-0.25, -0.2) is 0 Å². The molecule has 0 aliphatic carbocycles.